The van der Waals surface area contributed by atoms with Gasteiger partial charge >= 0.3 is 0 Å². The van der Waals surface area contributed by atoms with Crippen LogP contribution in [-0.4, -0.2) is 21.9 Å². The van der Waals surface area contributed by atoms with Gasteiger partial charge in [-0.05, 0) is 36.5 Å². The average molecular weight is 184 g/mol. The highest BCUT2D eigenvalue weighted by Gasteiger charge is 2.72. The maximum Gasteiger partial charge on any atom is 0.0883 e. The molecule has 0 aliphatic heterocycles. The van der Waals surface area contributed by atoms with Crippen LogP contribution >= 0.6 is 0 Å². The number of fused-ring (bicyclic) bond motifs is 1. The Bertz CT molecular complexity index is 244. The summed E-state index contributed by atoms with van der Waals surface area (Å²) in [6, 6.07) is 0. The molecule has 0 radical (unpaired) electrons. The van der Waals surface area contributed by atoms with Gasteiger partial charge in [-0.1, -0.05) is 20.8 Å². The Morgan fingerprint density at radius 3 is 2.15 bits per heavy atom. The summed E-state index contributed by atoms with van der Waals surface area (Å²) in [6.07, 6.45) is 0.961. The molecule has 2 aliphatic rings. The summed E-state index contributed by atoms with van der Waals surface area (Å²) in [5.41, 5.74) is -0.330. The first-order chi connectivity index (χ1) is 5.72. The van der Waals surface area contributed by atoms with Crippen molar-refractivity contribution < 1.29 is 10.2 Å². The molecule has 2 N–H and O–H groups in total. The molecule has 13 heavy (non-hydrogen) atoms. The summed E-state index contributed by atoms with van der Waals surface area (Å²) in [6.45, 7) is 8.48. The molecule has 0 saturated heterocycles. The second kappa shape index (κ2) is 2.12. The van der Waals surface area contributed by atoms with Crippen molar-refractivity contribution in [3.63, 3.8) is 0 Å². The van der Waals surface area contributed by atoms with Crippen LogP contribution in [-0.2, 0) is 0 Å². The van der Waals surface area contributed by atoms with Crippen LogP contribution in [0.2, 0.25) is 0 Å². The second-order valence-corrected chi connectivity index (χ2v) is 5.98. The van der Waals surface area contributed by atoms with Crippen LogP contribution in [0.15, 0.2) is 0 Å². The van der Waals surface area contributed by atoms with Crippen molar-refractivity contribution in [2.45, 2.75) is 52.2 Å². The van der Waals surface area contributed by atoms with Gasteiger partial charge in [0, 0.05) is 0 Å². The fourth-order valence-corrected chi connectivity index (χ4v) is 3.44. The number of rotatable bonds is 0. The molecule has 2 fully saturated rings. The van der Waals surface area contributed by atoms with Gasteiger partial charge in [0.2, 0.25) is 0 Å². The van der Waals surface area contributed by atoms with E-state index in [-0.39, 0.29) is 5.41 Å². The van der Waals surface area contributed by atoms with Crippen molar-refractivity contribution in [2.75, 3.05) is 0 Å². The smallest absolute Gasteiger partial charge is 0.0883 e. The summed E-state index contributed by atoms with van der Waals surface area (Å²) in [5.74, 6) is 0.593. The quantitative estimate of drug-likeness (QED) is 0.599. The Morgan fingerprint density at radius 1 is 1.15 bits per heavy atom. The number of hydrogen-bond donors (Lipinski definition) is 2. The minimum Gasteiger partial charge on any atom is -0.390 e. The largest absolute Gasteiger partial charge is 0.390 e. The molecule has 0 amide bonds. The fourth-order valence-electron chi connectivity index (χ4n) is 3.44. The van der Waals surface area contributed by atoms with Crippen molar-refractivity contribution >= 4 is 0 Å². The molecule has 4 unspecified atom stereocenters. The van der Waals surface area contributed by atoms with E-state index in [1.54, 1.807) is 6.92 Å². The van der Waals surface area contributed by atoms with Crippen LogP contribution in [0.3, 0.4) is 0 Å². The minimum atomic E-state index is -0.876. The zero-order valence-electron chi connectivity index (χ0n) is 8.96. The van der Waals surface area contributed by atoms with Gasteiger partial charge in [-0.25, -0.2) is 0 Å². The summed E-state index contributed by atoms with van der Waals surface area (Å²) in [5, 5.41) is 19.7. The number of aliphatic hydroxyl groups is 2. The van der Waals surface area contributed by atoms with Crippen LogP contribution in [0.5, 0.6) is 0 Å². The Hall–Kier alpha value is -0.0800. The lowest BCUT2D eigenvalue weighted by Gasteiger charge is -2.36. The van der Waals surface area contributed by atoms with Crippen molar-refractivity contribution in [2.24, 2.45) is 16.7 Å². The van der Waals surface area contributed by atoms with Gasteiger partial charge in [-0.15, -0.1) is 0 Å². The third-order valence-corrected chi connectivity index (χ3v) is 4.93. The van der Waals surface area contributed by atoms with Crippen LogP contribution < -0.4 is 0 Å². The summed E-state index contributed by atoms with van der Waals surface area (Å²) >= 11 is 0. The van der Waals surface area contributed by atoms with E-state index in [1.165, 1.54) is 0 Å². The predicted molar refractivity (Wildman–Crippen MR) is 51.2 cm³/mol. The third kappa shape index (κ3) is 0.962. The molecule has 4 atom stereocenters. The van der Waals surface area contributed by atoms with Gasteiger partial charge < -0.3 is 10.2 Å². The van der Waals surface area contributed by atoms with Gasteiger partial charge in [0.1, 0.15) is 0 Å². The molecule has 0 spiro atoms. The molecule has 2 nitrogen and oxygen atoms in total. The highest BCUT2D eigenvalue weighted by Crippen LogP contribution is 2.75. The van der Waals surface area contributed by atoms with Gasteiger partial charge in [0.25, 0.3) is 0 Å². The average Bonchev–Trinajstić information content (AvgIpc) is 2.31. The van der Waals surface area contributed by atoms with E-state index >= 15 is 0 Å². The summed E-state index contributed by atoms with van der Waals surface area (Å²) < 4.78 is 0. The Morgan fingerprint density at radius 2 is 1.69 bits per heavy atom. The predicted octanol–water partition coefficient (Wildman–Crippen LogP) is 1.55. The van der Waals surface area contributed by atoms with Crippen LogP contribution in [0.4, 0.5) is 0 Å². The molecule has 2 heteroatoms. The standard InChI is InChI=1S/C11H20O2/c1-9(2)7-5-8(12)11(4,13)6-10(7,9)3/h7-8,12-13H,5-6H2,1-4H3. The van der Waals surface area contributed by atoms with Gasteiger partial charge in [-0.2, -0.15) is 0 Å². The summed E-state index contributed by atoms with van der Waals surface area (Å²) in [7, 11) is 0. The summed E-state index contributed by atoms with van der Waals surface area (Å²) in [4.78, 5) is 0. The van der Waals surface area contributed by atoms with Crippen molar-refractivity contribution in [1.29, 1.82) is 0 Å². The van der Waals surface area contributed by atoms with E-state index in [9.17, 15) is 10.2 Å². The monoisotopic (exact) mass is 184 g/mol. The Kier molecular flexibility index (Phi) is 1.54. The zero-order valence-corrected chi connectivity index (χ0v) is 8.96. The van der Waals surface area contributed by atoms with E-state index in [0.29, 0.717) is 11.3 Å². The first-order valence-corrected chi connectivity index (χ1v) is 5.12. The molecule has 0 aromatic rings. The van der Waals surface area contributed by atoms with Crippen molar-refractivity contribution in [1.82, 2.24) is 0 Å². The van der Waals surface area contributed by atoms with Gasteiger partial charge in [-0.3, -0.25) is 0 Å². The SMILES string of the molecule is CC1(O)CC2(C)C(CC1O)C2(C)C. The lowest BCUT2D eigenvalue weighted by Crippen LogP contribution is -2.44. The normalized spacial score (nSPS) is 58.6. The number of aliphatic hydroxyl groups excluding tert-OH is 1. The zero-order chi connectivity index (χ0) is 10.1. The van der Waals surface area contributed by atoms with Crippen LogP contribution in [0.1, 0.15) is 40.5 Å². The molecular weight excluding hydrogens is 164 g/mol. The fraction of sp³-hybridized carbons (Fsp3) is 1.00. The molecule has 2 aliphatic carbocycles. The molecule has 0 bridgehead atoms. The highest BCUT2D eigenvalue weighted by molar-refractivity contribution is 5.20. The van der Waals surface area contributed by atoms with Gasteiger partial charge in [0.15, 0.2) is 0 Å². The Labute approximate surface area is 80.0 Å². The molecule has 0 aromatic carbocycles. The third-order valence-electron chi connectivity index (χ3n) is 4.93. The van der Waals surface area contributed by atoms with E-state index in [0.717, 1.165) is 12.8 Å². The van der Waals surface area contributed by atoms with Crippen molar-refractivity contribution in [3.8, 4) is 0 Å². The first-order valence-electron chi connectivity index (χ1n) is 5.12. The Balaban J connectivity index is 2.25. The lowest BCUT2D eigenvalue weighted by atomic mass is 9.77. The van der Waals surface area contributed by atoms with Crippen LogP contribution in [0, 0.1) is 16.7 Å². The molecule has 76 valence electrons. The highest BCUT2D eigenvalue weighted by atomic mass is 16.3. The van der Waals surface area contributed by atoms with E-state index in [1.807, 2.05) is 0 Å². The molecule has 0 heterocycles. The molecular formula is C11H20O2. The van der Waals surface area contributed by atoms with E-state index in [4.69, 9.17) is 0 Å². The van der Waals surface area contributed by atoms with Crippen LogP contribution in [0.25, 0.3) is 0 Å². The lowest BCUT2D eigenvalue weighted by molar-refractivity contribution is -0.101. The topological polar surface area (TPSA) is 40.5 Å². The van der Waals surface area contributed by atoms with E-state index in [2.05, 4.69) is 20.8 Å². The maximum absolute atomic E-state index is 9.99. The van der Waals surface area contributed by atoms with Gasteiger partial charge in [0.05, 0.1) is 11.7 Å². The van der Waals surface area contributed by atoms with E-state index < -0.39 is 11.7 Å². The van der Waals surface area contributed by atoms with Crippen molar-refractivity contribution in [3.05, 3.63) is 0 Å². The first kappa shape index (κ1) is 9.47. The molecule has 2 rings (SSSR count). The minimum absolute atomic E-state index is 0.246. The molecule has 0 aromatic heterocycles. The number of hydrogen-bond acceptors (Lipinski definition) is 2. The second-order valence-electron chi connectivity index (χ2n) is 5.98. The maximum atomic E-state index is 9.99. The molecule has 2 saturated carbocycles.